The molecule has 0 radical (unpaired) electrons. The number of benzene rings is 1. The first-order valence-corrected chi connectivity index (χ1v) is 6.62. The summed E-state index contributed by atoms with van der Waals surface area (Å²) in [5, 5.41) is 0. The Morgan fingerprint density at radius 3 is 2.42 bits per heavy atom. The van der Waals surface area contributed by atoms with E-state index in [4.69, 9.17) is 0 Å². The Hall–Kier alpha value is -1.90. The minimum absolute atomic E-state index is 0.0362. The van der Waals surface area contributed by atoms with E-state index in [9.17, 15) is 4.79 Å². The maximum Gasteiger partial charge on any atom is 0.254 e. The molecule has 2 rings (SSSR count). The van der Waals surface area contributed by atoms with Gasteiger partial charge in [-0.1, -0.05) is 37.3 Å². The Kier molecular flexibility index (Phi) is 3.56. The van der Waals surface area contributed by atoms with Crippen molar-refractivity contribution in [2.45, 2.75) is 39.5 Å². The van der Waals surface area contributed by atoms with Crippen molar-refractivity contribution >= 4 is 0 Å². The van der Waals surface area contributed by atoms with Crippen LogP contribution >= 0.6 is 0 Å². The van der Waals surface area contributed by atoms with Crippen LogP contribution in [0.25, 0.3) is 0 Å². The first-order chi connectivity index (χ1) is 8.96. The van der Waals surface area contributed by atoms with Crippen LogP contribution in [-0.4, -0.2) is 9.97 Å². The van der Waals surface area contributed by atoms with Gasteiger partial charge in [0.05, 0.1) is 5.69 Å². The van der Waals surface area contributed by atoms with Crippen LogP contribution in [0.4, 0.5) is 0 Å². The van der Waals surface area contributed by atoms with E-state index in [1.54, 1.807) is 0 Å². The molecule has 0 bridgehead atoms. The molecule has 3 nitrogen and oxygen atoms in total. The first kappa shape index (κ1) is 13.5. The van der Waals surface area contributed by atoms with E-state index in [1.807, 2.05) is 32.0 Å². The zero-order valence-corrected chi connectivity index (χ0v) is 11.9. The van der Waals surface area contributed by atoms with E-state index in [-0.39, 0.29) is 11.0 Å². The number of aromatic nitrogens is 2. The van der Waals surface area contributed by atoms with Crippen LogP contribution in [0.3, 0.4) is 0 Å². The number of aryl methyl sites for hydroxylation is 1. The molecule has 1 aromatic carbocycles. The molecule has 19 heavy (non-hydrogen) atoms. The van der Waals surface area contributed by atoms with E-state index in [0.717, 1.165) is 29.1 Å². The van der Waals surface area contributed by atoms with E-state index >= 15 is 0 Å². The van der Waals surface area contributed by atoms with Crippen LogP contribution in [0.5, 0.6) is 0 Å². The second-order valence-electron chi connectivity index (χ2n) is 5.33. The summed E-state index contributed by atoms with van der Waals surface area (Å²) >= 11 is 0. The van der Waals surface area contributed by atoms with Crippen molar-refractivity contribution in [3.63, 3.8) is 0 Å². The van der Waals surface area contributed by atoms with E-state index in [1.165, 1.54) is 0 Å². The smallest absolute Gasteiger partial charge is 0.254 e. The lowest BCUT2D eigenvalue weighted by molar-refractivity contribution is 0.580. The van der Waals surface area contributed by atoms with Crippen molar-refractivity contribution in [1.82, 2.24) is 9.97 Å². The van der Waals surface area contributed by atoms with Crippen LogP contribution in [0.1, 0.15) is 43.4 Å². The molecular formula is C16H20N2O. The van der Waals surface area contributed by atoms with Crippen LogP contribution in [-0.2, 0) is 11.8 Å². The highest BCUT2D eigenvalue weighted by molar-refractivity contribution is 5.31. The molecular weight excluding hydrogens is 236 g/mol. The molecule has 0 aliphatic heterocycles. The van der Waals surface area contributed by atoms with E-state index in [0.29, 0.717) is 0 Å². The van der Waals surface area contributed by atoms with Crippen molar-refractivity contribution in [2.75, 3.05) is 0 Å². The largest absolute Gasteiger partial charge is 0.310 e. The maximum absolute atomic E-state index is 12.0. The second kappa shape index (κ2) is 5.00. The molecule has 0 spiro atoms. The third-order valence-electron chi connectivity index (χ3n) is 3.67. The van der Waals surface area contributed by atoms with E-state index in [2.05, 4.69) is 35.9 Å². The average molecular weight is 256 g/mol. The monoisotopic (exact) mass is 256 g/mol. The number of rotatable bonds is 3. The highest BCUT2D eigenvalue weighted by atomic mass is 16.1. The molecule has 0 saturated carbocycles. The summed E-state index contributed by atoms with van der Waals surface area (Å²) in [6, 6.07) is 10.1. The highest BCUT2D eigenvalue weighted by Gasteiger charge is 2.26. The molecule has 2 aromatic rings. The molecule has 0 fully saturated rings. The Labute approximate surface area is 113 Å². The summed E-state index contributed by atoms with van der Waals surface area (Å²) in [6.07, 6.45) is 0.771. The second-order valence-corrected chi connectivity index (χ2v) is 5.33. The lowest BCUT2D eigenvalue weighted by Crippen LogP contribution is -2.28. The van der Waals surface area contributed by atoms with Crippen molar-refractivity contribution in [3.8, 4) is 0 Å². The first-order valence-electron chi connectivity index (χ1n) is 6.62. The Morgan fingerprint density at radius 2 is 1.84 bits per heavy atom. The van der Waals surface area contributed by atoms with E-state index < -0.39 is 0 Å². The molecule has 0 amide bonds. The summed E-state index contributed by atoms with van der Waals surface area (Å²) in [6.45, 7) is 8.00. The number of nitrogens with one attached hydrogen (secondary N) is 1. The molecule has 1 aromatic heterocycles. The zero-order valence-electron chi connectivity index (χ0n) is 11.9. The fourth-order valence-electron chi connectivity index (χ4n) is 2.21. The van der Waals surface area contributed by atoms with Gasteiger partial charge in [-0.25, -0.2) is 4.98 Å². The predicted octanol–water partition coefficient (Wildman–Crippen LogP) is 2.97. The number of hydrogen-bond donors (Lipinski definition) is 1. The molecule has 0 unspecified atom stereocenters. The maximum atomic E-state index is 12.0. The quantitative estimate of drug-likeness (QED) is 0.917. The summed E-state index contributed by atoms with van der Waals surface area (Å²) in [7, 11) is 0. The molecule has 0 saturated heterocycles. The Balaban J connectivity index is 2.59. The van der Waals surface area contributed by atoms with Crippen molar-refractivity contribution in [1.29, 1.82) is 0 Å². The lowest BCUT2D eigenvalue weighted by atomic mass is 9.83. The van der Waals surface area contributed by atoms with Crippen molar-refractivity contribution < 1.29 is 0 Å². The fraction of sp³-hybridized carbons (Fsp3) is 0.375. The SMILES string of the molecule is CCc1nc(C(C)(C)c2ccccc2)[nH]c(=O)c1C. The van der Waals surface area contributed by atoms with Gasteiger partial charge in [-0.05, 0) is 32.8 Å². The Bertz CT molecular complexity index is 627. The Morgan fingerprint density at radius 1 is 1.21 bits per heavy atom. The van der Waals surface area contributed by atoms with Gasteiger partial charge in [0, 0.05) is 11.0 Å². The summed E-state index contributed by atoms with van der Waals surface area (Å²) in [4.78, 5) is 19.6. The topological polar surface area (TPSA) is 45.8 Å². The number of H-pyrrole nitrogens is 1. The molecule has 1 heterocycles. The molecule has 1 N–H and O–H groups in total. The zero-order chi connectivity index (χ0) is 14.0. The van der Waals surface area contributed by atoms with Gasteiger partial charge in [0.1, 0.15) is 5.82 Å². The normalized spacial score (nSPS) is 11.6. The third kappa shape index (κ3) is 2.46. The van der Waals surface area contributed by atoms with Crippen LogP contribution in [0, 0.1) is 6.92 Å². The summed E-state index contributed by atoms with van der Waals surface area (Å²) in [5.74, 6) is 0.728. The minimum Gasteiger partial charge on any atom is -0.310 e. The molecule has 100 valence electrons. The van der Waals surface area contributed by atoms with Crippen molar-refractivity contribution in [3.05, 3.63) is 63.3 Å². The fourth-order valence-corrected chi connectivity index (χ4v) is 2.21. The number of nitrogens with zero attached hydrogens (tertiary/aromatic N) is 1. The summed E-state index contributed by atoms with van der Waals surface area (Å²) in [5.41, 5.74) is 2.39. The van der Waals surface area contributed by atoms with Crippen LogP contribution in [0.2, 0.25) is 0 Å². The lowest BCUT2D eigenvalue weighted by Gasteiger charge is -2.25. The molecule has 0 aliphatic rings. The van der Waals surface area contributed by atoms with Gasteiger partial charge >= 0.3 is 0 Å². The standard InChI is InChI=1S/C16H20N2O/c1-5-13-11(2)14(19)18-15(17-13)16(3,4)12-9-7-6-8-10-12/h6-10H,5H2,1-4H3,(H,17,18,19). The minimum atomic E-state index is -0.307. The number of hydrogen-bond acceptors (Lipinski definition) is 2. The van der Waals surface area contributed by atoms with Crippen molar-refractivity contribution in [2.24, 2.45) is 0 Å². The van der Waals surface area contributed by atoms with Gasteiger partial charge in [0.15, 0.2) is 0 Å². The van der Waals surface area contributed by atoms with Crippen LogP contribution in [0.15, 0.2) is 35.1 Å². The molecule has 0 atom stereocenters. The van der Waals surface area contributed by atoms with Gasteiger partial charge in [-0.3, -0.25) is 4.79 Å². The van der Waals surface area contributed by atoms with Gasteiger partial charge in [-0.2, -0.15) is 0 Å². The predicted molar refractivity (Wildman–Crippen MR) is 77.5 cm³/mol. The highest BCUT2D eigenvalue weighted by Crippen LogP contribution is 2.28. The third-order valence-corrected chi connectivity index (χ3v) is 3.67. The van der Waals surface area contributed by atoms with Gasteiger partial charge in [0.25, 0.3) is 5.56 Å². The molecule has 0 aliphatic carbocycles. The molecule has 3 heteroatoms. The van der Waals surface area contributed by atoms with Crippen LogP contribution < -0.4 is 5.56 Å². The summed E-state index contributed by atoms with van der Waals surface area (Å²) < 4.78 is 0. The van der Waals surface area contributed by atoms with Gasteiger partial charge in [0.2, 0.25) is 0 Å². The average Bonchev–Trinajstić information content (AvgIpc) is 2.42. The van der Waals surface area contributed by atoms with Gasteiger partial charge < -0.3 is 4.98 Å². The van der Waals surface area contributed by atoms with Gasteiger partial charge in [-0.15, -0.1) is 0 Å². The number of aromatic amines is 1.